The van der Waals surface area contributed by atoms with Gasteiger partial charge >= 0.3 is 0 Å². The van der Waals surface area contributed by atoms with E-state index >= 15 is 0 Å². The molecule has 0 aliphatic rings. The molecule has 0 atom stereocenters. The number of aryl methyl sites for hydroxylation is 2. The Kier molecular flexibility index (Phi) is 2.33. The third-order valence-electron chi connectivity index (χ3n) is 2.82. The molecule has 0 radical (unpaired) electrons. The number of imidazole rings is 1. The molecule has 0 unspecified atom stereocenters. The predicted molar refractivity (Wildman–Crippen MR) is 66.6 cm³/mol. The normalized spacial score (nSPS) is 11.1. The number of furan rings is 1. The summed E-state index contributed by atoms with van der Waals surface area (Å²) in [6.45, 7) is 0.855. The van der Waals surface area contributed by atoms with Gasteiger partial charge < -0.3 is 14.7 Å². The van der Waals surface area contributed by atoms with Crippen LogP contribution in [0.1, 0.15) is 5.76 Å². The zero-order valence-corrected chi connectivity index (χ0v) is 9.34. The lowest BCUT2D eigenvalue weighted by atomic mass is 10.2. The Morgan fingerprint density at radius 2 is 2.24 bits per heavy atom. The molecule has 1 aromatic carbocycles. The zero-order chi connectivity index (χ0) is 11.7. The number of hydrogen-bond donors (Lipinski definition) is 1. The molecule has 0 spiro atoms. The van der Waals surface area contributed by atoms with Gasteiger partial charge in [0.1, 0.15) is 5.76 Å². The second-order valence-corrected chi connectivity index (χ2v) is 4.02. The van der Waals surface area contributed by atoms with Crippen molar-refractivity contribution in [3.63, 3.8) is 0 Å². The maximum atomic E-state index is 5.72. The van der Waals surface area contributed by atoms with Gasteiger partial charge in [-0.25, -0.2) is 4.98 Å². The van der Waals surface area contributed by atoms with Gasteiger partial charge in [-0.1, -0.05) is 0 Å². The van der Waals surface area contributed by atoms with Crippen LogP contribution in [0.15, 0.2) is 47.3 Å². The smallest absolute Gasteiger partial charge is 0.105 e. The van der Waals surface area contributed by atoms with Gasteiger partial charge in [0.05, 0.1) is 23.6 Å². The average molecular weight is 227 g/mol. The van der Waals surface area contributed by atoms with E-state index in [1.807, 2.05) is 36.7 Å². The van der Waals surface area contributed by atoms with Gasteiger partial charge in [-0.15, -0.1) is 0 Å². The number of rotatable bonds is 3. The third kappa shape index (κ3) is 1.89. The van der Waals surface area contributed by atoms with Crippen molar-refractivity contribution in [2.24, 2.45) is 0 Å². The molecule has 4 heteroatoms. The van der Waals surface area contributed by atoms with E-state index in [-0.39, 0.29) is 0 Å². The third-order valence-corrected chi connectivity index (χ3v) is 2.82. The number of anilines is 1. The Hall–Kier alpha value is -2.23. The number of benzene rings is 1. The predicted octanol–water partition coefficient (Wildman–Crippen LogP) is 2.45. The Balaban J connectivity index is 1.86. The Morgan fingerprint density at radius 1 is 1.29 bits per heavy atom. The van der Waals surface area contributed by atoms with E-state index in [0.717, 1.165) is 35.4 Å². The lowest BCUT2D eigenvalue weighted by Crippen LogP contribution is -1.99. The highest BCUT2D eigenvalue weighted by molar-refractivity contribution is 5.78. The minimum absolute atomic E-state index is 0.744. The maximum Gasteiger partial charge on any atom is 0.105 e. The Morgan fingerprint density at radius 3 is 3.06 bits per heavy atom. The molecule has 0 saturated carbocycles. The summed E-state index contributed by atoms with van der Waals surface area (Å²) in [5.74, 6) is 0.988. The molecule has 86 valence electrons. The summed E-state index contributed by atoms with van der Waals surface area (Å²) in [7, 11) is 0. The van der Waals surface area contributed by atoms with Crippen LogP contribution < -0.4 is 5.73 Å². The van der Waals surface area contributed by atoms with Crippen molar-refractivity contribution in [1.82, 2.24) is 9.55 Å². The highest BCUT2D eigenvalue weighted by Crippen LogP contribution is 2.16. The Labute approximate surface area is 98.7 Å². The molecule has 17 heavy (non-hydrogen) atoms. The van der Waals surface area contributed by atoms with Crippen molar-refractivity contribution in [1.29, 1.82) is 0 Å². The molecule has 0 bridgehead atoms. The number of nitrogens with two attached hydrogens (primary N) is 1. The minimum atomic E-state index is 0.744. The fourth-order valence-electron chi connectivity index (χ4n) is 1.94. The van der Waals surface area contributed by atoms with E-state index in [0.29, 0.717) is 0 Å². The van der Waals surface area contributed by atoms with Gasteiger partial charge in [-0.05, 0) is 30.3 Å². The molecule has 0 aliphatic heterocycles. The largest absolute Gasteiger partial charge is 0.469 e. The summed E-state index contributed by atoms with van der Waals surface area (Å²) in [5.41, 5.74) is 8.50. The summed E-state index contributed by atoms with van der Waals surface area (Å²) >= 11 is 0. The minimum Gasteiger partial charge on any atom is -0.469 e. The van der Waals surface area contributed by atoms with Gasteiger partial charge in [0.15, 0.2) is 0 Å². The maximum absolute atomic E-state index is 5.72. The lowest BCUT2D eigenvalue weighted by molar-refractivity contribution is 0.493. The fourth-order valence-corrected chi connectivity index (χ4v) is 1.94. The number of aromatic nitrogens is 2. The van der Waals surface area contributed by atoms with Crippen molar-refractivity contribution in [3.8, 4) is 0 Å². The fraction of sp³-hybridized carbons (Fsp3) is 0.154. The molecule has 3 rings (SSSR count). The van der Waals surface area contributed by atoms with Gasteiger partial charge in [0.25, 0.3) is 0 Å². The van der Waals surface area contributed by atoms with E-state index in [9.17, 15) is 0 Å². The van der Waals surface area contributed by atoms with E-state index in [1.54, 1.807) is 6.26 Å². The van der Waals surface area contributed by atoms with E-state index in [1.165, 1.54) is 0 Å². The van der Waals surface area contributed by atoms with Crippen LogP contribution in [0.25, 0.3) is 11.0 Å². The van der Waals surface area contributed by atoms with E-state index in [2.05, 4.69) is 9.55 Å². The van der Waals surface area contributed by atoms with Crippen LogP contribution in [0.4, 0.5) is 5.69 Å². The molecule has 2 heterocycles. The number of nitrogens with zero attached hydrogens (tertiary/aromatic N) is 2. The summed E-state index contributed by atoms with van der Waals surface area (Å²) in [6, 6.07) is 9.67. The summed E-state index contributed by atoms with van der Waals surface area (Å²) in [4.78, 5) is 4.33. The van der Waals surface area contributed by atoms with Crippen molar-refractivity contribution in [2.45, 2.75) is 13.0 Å². The Bertz CT molecular complexity index is 625. The van der Waals surface area contributed by atoms with Gasteiger partial charge in [0, 0.05) is 18.7 Å². The van der Waals surface area contributed by atoms with Crippen LogP contribution in [0.2, 0.25) is 0 Å². The SMILES string of the molecule is Nc1ccc2c(c1)ncn2CCc1ccco1. The van der Waals surface area contributed by atoms with Crippen molar-refractivity contribution in [3.05, 3.63) is 48.7 Å². The lowest BCUT2D eigenvalue weighted by Gasteiger charge is -2.02. The first-order valence-corrected chi connectivity index (χ1v) is 5.56. The summed E-state index contributed by atoms with van der Waals surface area (Å²) in [6.07, 6.45) is 4.40. The molecule has 4 nitrogen and oxygen atoms in total. The number of nitrogen functional groups attached to an aromatic ring is 1. The zero-order valence-electron chi connectivity index (χ0n) is 9.34. The molecular formula is C13H13N3O. The molecule has 2 aromatic heterocycles. The van der Waals surface area contributed by atoms with Crippen LogP contribution in [0.5, 0.6) is 0 Å². The topological polar surface area (TPSA) is 57.0 Å². The molecule has 0 saturated heterocycles. The summed E-state index contributed by atoms with van der Waals surface area (Å²) in [5, 5.41) is 0. The van der Waals surface area contributed by atoms with Gasteiger partial charge in [-0.3, -0.25) is 0 Å². The first-order valence-electron chi connectivity index (χ1n) is 5.56. The van der Waals surface area contributed by atoms with Crippen LogP contribution in [0.3, 0.4) is 0 Å². The van der Waals surface area contributed by atoms with Gasteiger partial charge in [0.2, 0.25) is 0 Å². The first-order chi connectivity index (χ1) is 8.33. The molecule has 3 aromatic rings. The standard InChI is InChI=1S/C13H13N3O/c14-10-3-4-13-12(8-10)15-9-16(13)6-5-11-2-1-7-17-11/h1-4,7-9H,5-6,14H2. The van der Waals surface area contributed by atoms with E-state index < -0.39 is 0 Å². The molecular weight excluding hydrogens is 214 g/mol. The van der Waals surface area contributed by atoms with Crippen molar-refractivity contribution >= 4 is 16.7 Å². The van der Waals surface area contributed by atoms with Gasteiger partial charge in [-0.2, -0.15) is 0 Å². The number of hydrogen-bond acceptors (Lipinski definition) is 3. The van der Waals surface area contributed by atoms with E-state index in [4.69, 9.17) is 10.2 Å². The van der Waals surface area contributed by atoms with Crippen LogP contribution in [-0.2, 0) is 13.0 Å². The van der Waals surface area contributed by atoms with Crippen LogP contribution in [0, 0.1) is 0 Å². The molecule has 0 fully saturated rings. The highest BCUT2D eigenvalue weighted by atomic mass is 16.3. The quantitative estimate of drug-likeness (QED) is 0.699. The highest BCUT2D eigenvalue weighted by Gasteiger charge is 2.03. The monoisotopic (exact) mass is 227 g/mol. The summed E-state index contributed by atoms with van der Waals surface area (Å²) < 4.78 is 7.42. The second-order valence-electron chi connectivity index (χ2n) is 4.02. The molecule has 0 amide bonds. The molecule has 0 aliphatic carbocycles. The van der Waals surface area contributed by atoms with Crippen LogP contribution in [-0.4, -0.2) is 9.55 Å². The first kappa shape index (κ1) is 9.96. The molecule has 2 N–H and O–H groups in total. The van der Waals surface area contributed by atoms with Crippen LogP contribution >= 0.6 is 0 Å². The second kappa shape index (κ2) is 3.97. The van der Waals surface area contributed by atoms with Crippen molar-refractivity contribution < 1.29 is 4.42 Å². The average Bonchev–Trinajstić information content (AvgIpc) is 2.94. The van der Waals surface area contributed by atoms with Crippen molar-refractivity contribution in [2.75, 3.05) is 5.73 Å². The number of fused-ring (bicyclic) bond motifs is 1.